The second-order valence-electron chi connectivity index (χ2n) is 11.3. The molecule has 1 atom stereocenters. The van der Waals surface area contributed by atoms with E-state index >= 15 is 0 Å². The van der Waals surface area contributed by atoms with Gasteiger partial charge in [0.1, 0.15) is 0 Å². The molecule has 2 N–H and O–H groups in total. The number of aromatic nitrogens is 1. The summed E-state index contributed by atoms with van der Waals surface area (Å²) in [6, 6.07) is 26.2. The molecule has 0 aliphatic carbocycles. The Morgan fingerprint density at radius 1 is 0.857 bits per heavy atom. The predicted molar refractivity (Wildman–Crippen MR) is 165 cm³/mol. The van der Waals surface area contributed by atoms with Crippen LogP contribution in [-0.4, -0.2) is 30.0 Å². The molecule has 4 aromatic carbocycles. The van der Waals surface area contributed by atoms with E-state index in [4.69, 9.17) is 11.6 Å². The first-order valence-electron chi connectivity index (χ1n) is 13.3. The first kappa shape index (κ1) is 28.1. The fraction of sp³-hybridized carbons (Fsp3) is 0.152. The van der Waals surface area contributed by atoms with Gasteiger partial charge in [-0.25, -0.2) is 13.1 Å². The van der Waals surface area contributed by atoms with E-state index < -0.39 is 27.1 Å². The second-order valence-corrected chi connectivity index (χ2v) is 13.5. The van der Waals surface area contributed by atoms with E-state index in [0.717, 1.165) is 21.9 Å². The first-order chi connectivity index (χ1) is 19.9. The van der Waals surface area contributed by atoms with Crippen molar-refractivity contribution in [1.29, 1.82) is 0 Å². The summed E-state index contributed by atoms with van der Waals surface area (Å²) in [6.45, 7) is 5.25. The zero-order valence-corrected chi connectivity index (χ0v) is 24.7. The summed E-state index contributed by atoms with van der Waals surface area (Å²) in [7, 11) is -3.81. The quantitative estimate of drug-likeness (QED) is 0.239. The fourth-order valence-corrected chi connectivity index (χ4v) is 7.01. The number of hydrogen-bond acceptors (Lipinski definition) is 5. The van der Waals surface area contributed by atoms with Crippen molar-refractivity contribution in [2.24, 2.45) is 0 Å². The maximum Gasteiger partial charge on any atom is 0.273 e. The molecule has 5 aromatic rings. The number of aliphatic hydroxyl groups is 1. The van der Waals surface area contributed by atoms with Gasteiger partial charge in [-0.2, -0.15) is 0 Å². The Balaban J connectivity index is 1.46. The van der Waals surface area contributed by atoms with Gasteiger partial charge in [-0.3, -0.25) is 14.7 Å². The third kappa shape index (κ3) is 4.76. The number of carbonyl (C=O) groups is 1. The van der Waals surface area contributed by atoms with E-state index in [1.54, 1.807) is 51.4 Å². The predicted octanol–water partition coefficient (Wildman–Crippen LogP) is 6.55. The van der Waals surface area contributed by atoms with Crippen LogP contribution < -0.4 is 9.62 Å². The van der Waals surface area contributed by atoms with E-state index in [9.17, 15) is 18.3 Å². The largest absolute Gasteiger partial charge is 0.372 e. The highest BCUT2D eigenvalue weighted by Gasteiger charge is 2.52. The van der Waals surface area contributed by atoms with Gasteiger partial charge in [0.05, 0.1) is 16.3 Å². The van der Waals surface area contributed by atoms with Gasteiger partial charge in [0.25, 0.3) is 5.91 Å². The number of anilines is 2. The number of carbonyl (C=O) groups excluding carboxylic acids is 1. The normalized spacial score (nSPS) is 17.1. The summed E-state index contributed by atoms with van der Waals surface area (Å²) in [5.74, 6) is -0.589. The summed E-state index contributed by atoms with van der Waals surface area (Å²) in [5.41, 5.74) is 0.892. The summed E-state index contributed by atoms with van der Waals surface area (Å²) in [5, 5.41) is 14.3. The summed E-state index contributed by atoms with van der Waals surface area (Å²) in [6.07, 6.45) is 3.48. The third-order valence-electron chi connectivity index (χ3n) is 7.24. The average molecular weight is 598 g/mol. The lowest BCUT2D eigenvalue weighted by Gasteiger charge is -2.25. The van der Waals surface area contributed by atoms with Gasteiger partial charge in [-0.05, 0) is 97.4 Å². The molecular weight excluding hydrogens is 570 g/mol. The van der Waals surface area contributed by atoms with Gasteiger partial charge >= 0.3 is 0 Å². The van der Waals surface area contributed by atoms with Gasteiger partial charge in [0, 0.05) is 33.9 Å². The smallest absolute Gasteiger partial charge is 0.273 e. The SMILES string of the molecule is CC(C)(C)NS(=O)(=O)c1ccc(C2(O)C(=O)N(c3cccc4cc(-c5ccncc5)ccc34)c3ccc(Cl)cc32)cc1. The van der Waals surface area contributed by atoms with Crippen LogP contribution in [0.1, 0.15) is 31.9 Å². The number of pyridine rings is 1. The highest BCUT2D eigenvalue weighted by Crippen LogP contribution is 2.50. The number of amides is 1. The lowest BCUT2D eigenvalue weighted by molar-refractivity contribution is -0.131. The Labute approximate surface area is 249 Å². The number of benzene rings is 4. The van der Waals surface area contributed by atoms with Crippen molar-refractivity contribution in [3.63, 3.8) is 0 Å². The van der Waals surface area contributed by atoms with Gasteiger partial charge in [0.2, 0.25) is 10.0 Å². The van der Waals surface area contributed by atoms with Crippen molar-refractivity contribution < 1.29 is 18.3 Å². The Morgan fingerprint density at radius 3 is 2.26 bits per heavy atom. The van der Waals surface area contributed by atoms with E-state index in [-0.39, 0.29) is 10.5 Å². The molecule has 1 aliphatic heterocycles. The van der Waals surface area contributed by atoms with E-state index in [1.807, 2.05) is 42.5 Å². The zero-order chi connectivity index (χ0) is 29.9. The van der Waals surface area contributed by atoms with Crippen LogP contribution in [-0.2, 0) is 20.4 Å². The van der Waals surface area contributed by atoms with E-state index in [2.05, 4.69) is 15.8 Å². The average Bonchev–Trinajstić information content (AvgIpc) is 3.18. The van der Waals surface area contributed by atoms with Crippen molar-refractivity contribution in [2.45, 2.75) is 36.8 Å². The standard InChI is InChI=1S/C33H28ClN3O4S/c1-32(2,3)36-42(40,41)26-11-8-24(9-12-26)33(39)28-20-25(34)10-14-30(28)37(31(33)38)29-6-4-5-23-19-22(7-13-27(23)29)21-15-17-35-18-16-21/h4-20,36,39H,1-3H3. The van der Waals surface area contributed by atoms with Crippen LogP contribution >= 0.6 is 11.6 Å². The molecule has 7 nitrogen and oxygen atoms in total. The molecule has 1 amide bonds. The van der Waals surface area contributed by atoms with Crippen LogP contribution in [0.15, 0.2) is 108 Å². The Morgan fingerprint density at radius 2 is 1.57 bits per heavy atom. The zero-order valence-electron chi connectivity index (χ0n) is 23.2. The maximum atomic E-state index is 14.3. The van der Waals surface area contributed by atoms with Crippen molar-refractivity contribution >= 4 is 49.7 Å². The topological polar surface area (TPSA) is 99.6 Å². The van der Waals surface area contributed by atoms with Crippen LogP contribution in [0.4, 0.5) is 11.4 Å². The monoisotopic (exact) mass is 597 g/mol. The van der Waals surface area contributed by atoms with Gasteiger partial charge in [-0.1, -0.05) is 48.0 Å². The molecule has 0 saturated carbocycles. The molecule has 1 unspecified atom stereocenters. The Hall–Kier alpha value is -4.08. The second kappa shape index (κ2) is 10.0. The molecule has 212 valence electrons. The molecule has 9 heteroatoms. The number of halogens is 1. The molecule has 1 aliphatic rings. The number of hydrogen-bond donors (Lipinski definition) is 2. The van der Waals surface area contributed by atoms with Crippen molar-refractivity contribution in [3.05, 3.63) is 120 Å². The molecule has 0 bridgehead atoms. The van der Waals surface area contributed by atoms with Crippen LogP contribution in [0, 0.1) is 0 Å². The first-order valence-corrected chi connectivity index (χ1v) is 15.2. The van der Waals surface area contributed by atoms with E-state index in [0.29, 0.717) is 22.0 Å². The minimum atomic E-state index is -3.81. The minimum Gasteiger partial charge on any atom is -0.372 e. The van der Waals surface area contributed by atoms with Crippen LogP contribution in [0.3, 0.4) is 0 Å². The lowest BCUT2D eigenvalue weighted by atomic mass is 9.87. The third-order valence-corrected chi connectivity index (χ3v) is 9.25. The highest BCUT2D eigenvalue weighted by molar-refractivity contribution is 7.89. The molecule has 0 spiro atoms. The lowest BCUT2D eigenvalue weighted by Crippen LogP contribution is -2.41. The molecule has 1 aromatic heterocycles. The molecular formula is C33H28ClN3O4S. The van der Waals surface area contributed by atoms with Crippen LogP contribution in [0.5, 0.6) is 0 Å². The molecule has 0 fully saturated rings. The van der Waals surface area contributed by atoms with Gasteiger partial charge in [0.15, 0.2) is 5.60 Å². The number of nitrogens with zero attached hydrogens (tertiary/aromatic N) is 2. The van der Waals surface area contributed by atoms with Crippen molar-refractivity contribution in [1.82, 2.24) is 9.71 Å². The molecule has 2 heterocycles. The summed E-state index contributed by atoms with van der Waals surface area (Å²) in [4.78, 5) is 19.9. The molecule has 0 saturated heterocycles. The Kier molecular flexibility index (Phi) is 6.70. The van der Waals surface area contributed by atoms with E-state index in [1.165, 1.54) is 29.2 Å². The molecule has 42 heavy (non-hydrogen) atoms. The highest BCUT2D eigenvalue weighted by atomic mass is 35.5. The van der Waals surface area contributed by atoms with Crippen molar-refractivity contribution in [3.8, 4) is 11.1 Å². The maximum absolute atomic E-state index is 14.3. The summed E-state index contributed by atoms with van der Waals surface area (Å²) >= 11 is 6.36. The number of rotatable bonds is 5. The van der Waals surface area contributed by atoms with Crippen molar-refractivity contribution in [2.75, 3.05) is 4.90 Å². The summed E-state index contributed by atoms with van der Waals surface area (Å²) < 4.78 is 28.4. The number of fused-ring (bicyclic) bond motifs is 2. The molecule has 0 radical (unpaired) electrons. The van der Waals surface area contributed by atoms with Gasteiger partial charge in [-0.15, -0.1) is 0 Å². The fourth-order valence-electron chi connectivity index (χ4n) is 5.42. The number of sulfonamides is 1. The van der Waals surface area contributed by atoms with Crippen LogP contribution in [0.25, 0.3) is 21.9 Å². The number of nitrogens with one attached hydrogen (secondary N) is 1. The Bertz CT molecular complexity index is 1960. The van der Waals surface area contributed by atoms with Crippen LogP contribution in [0.2, 0.25) is 5.02 Å². The minimum absolute atomic E-state index is 0.0254. The van der Waals surface area contributed by atoms with Gasteiger partial charge < -0.3 is 5.11 Å². The molecule has 6 rings (SSSR count).